The first kappa shape index (κ1) is 16.7. The van der Waals surface area contributed by atoms with Gasteiger partial charge < -0.3 is 5.32 Å². The van der Waals surface area contributed by atoms with E-state index in [1.165, 1.54) is 0 Å². The number of carbonyl (C=O) groups excluding carboxylic acids is 1. The molecule has 2 aromatic heterocycles. The molecule has 124 valence electrons. The van der Waals surface area contributed by atoms with Crippen molar-refractivity contribution in [2.45, 2.75) is 33.6 Å². The lowest BCUT2D eigenvalue weighted by molar-refractivity contribution is 0.102. The van der Waals surface area contributed by atoms with E-state index in [4.69, 9.17) is 0 Å². The molecule has 4 nitrogen and oxygen atoms in total. The monoisotopic (exact) mass is 385 g/mol. The molecular weight excluding hydrogens is 366 g/mol. The van der Waals surface area contributed by atoms with E-state index in [0.29, 0.717) is 12.1 Å². The fourth-order valence-corrected chi connectivity index (χ4v) is 3.48. The van der Waals surface area contributed by atoms with Gasteiger partial charge in [-0.3, -0.25) is 9.20 Å². The van der Waals surface area contributed by atoms with Gasteiger partial charge in [0.2, 0.25) is 0 Å². The lowest BCUT2D eigenvalue weighted by Crippen LogP contribution is -2.17. The number of amides is 1. The number of aromatic nitrogens is 2. The Morgan fingerprint density at radius 2 is 2.00 bits per heavy atom. The van der Waals surface area contributed by atoms with Crippen molar-refractivity contribution < 1.29 is 4.79 Å². The summed E-state index contributed by atoms with van der Waals surface area (Å²) in [5.74, 6) is -0.127. The van der Waals surface area contributed by atoms with E-state index in [0.717, 1.165) is 39.0 Å². The van der Waals surface area contributed by atoms with E-state index in [1.807, 2.05) is 54.8 Å². The van der Waals surface area contributed by atoms with Crippen LogP contribution in [-0.4, -0.2) is 15.3 Å². The minimum Gasteiger partial charge on any atom is -0.320 e. The quantitative estimate of drug-likeness (QED) is 0.701. The summed E-state index contributed by atoms with van der Waals surface area (Å²) in [6, 6.07) is 9.90. The molecule has 2 heterocycles. The Kier molecular flexibility index (Phi) is 4.71. The van der Waals surface area contributed by atoms with Gasteiger partial charge in [0.25, 0.3) is 5.91 Å². The highest BCUT2D eigenvalue weighted by atomic mass is 79.9. The van der Waals surface area contributed by atoms with Gasteiger partial charge in [-0.15, -0.1) is 0 Å². The Bertz CT molecular complexity index is 914. The SMILES string of the molecule is CCc1ccccc1NC(=O)c1c(CC)nc2c(C)cc(Br)cn12. The molecule has 1 amide bonds. The number of benzene rings is 1. The van der Waals surface area contributed by atoms with E-state index in [-0.39, 0.29) is 5.91 Å². The summed E-state index contributed by atoms with van der Waals surface area (Å²) in [7, 11) is 0. The first-order chi connectivity index (χ1) is 11.5. The maximum atomic E-state index is 13.0. The number of nitrogens with one attached hydrogen (secondary N) is 1. The zero-order valence-electron chi connectivity index (χ0n) is 14.1. The number of nitrogens with zero attached hydrogens (tertiary/aromatic N) is 2. The molecule has 1 aromatic carbocycles. The van der Waals surface area contributed by atoms with Gasteiger partial charge in [-0.2, -0.15) is 0 Å². The standard InChI is InChI=1S/C19H20BrN3O/c1-4-13-8-6-7-9-16(13)22-19(24)17-15(5-2)21-18-12(3)10-14(20)11-23(17)18/h6-11H,4-5H2,1-3H3,(H,22,24). The van der Waals surface area contributed by atoms with Crippen LogP contribution in [0.4, 0.5) is 5.69 Å². The summed E-state index contributed by atoms with van der Waals surface area (Å²) in [4.78, 5) is 17.6. The molecule has 0 fully saturated rings. The molecule has 0 bridgehead atoms. The molecule has 0 saturated carbocycles. The molecular formula is C19H20BrN3O. The van der Waals surface area contributed by atoms with Crippen LogP contribution in [0.3, 0.4) is 0 Å². The summed E-state index contributed by atoms with van der Waals surface area (Å²) in [5.41, 5.74) is 5.24. The van der Waals surface area contributed by atoms with Gasteiger partial charge in [0.1, 0.15) is 11.3 Å². The average molecular weight is 386 g/mol. The third kappa shape index (κ3) is 2.96. The second-order valence-corrected chi connectivity index (χ2v) is 6.68. The Balaban J connectivity index is 2.09. The molecule has 0 aliphatic carbocycles. The molecule has 0 aliphatic rings. The van der Waals surface area contributed by atoms with Crippen molar-refractivity contribution in [1.29, 1.82) is 0 Å². The van der Waals surface area contributed by atoms with Crippen molar-refractivity contribution in [1.82, 2.24) is 9.38 Å². The van der Waals surface area contributed by atoms with Crippen molar-refractivity contribution in [3.63, 3.8) is 0 Å². The fraction of sp³-hybridized carbons (Fsp3) is 0.263. The van der Waals surface area contributed by atoms with E-state index in [9.17, 15) is 4.79 Å². The topological polar surface area (TPSA) is 46.4 Å². The van der Waals surface area contributed by atoms with Crippen LogP contribution in [0.15, 0.2) is 41.0 Å². The van der Waals surface area contributed by atoms with Crippen molar-refractivity contribution >= 4 is 33.2 Å². The Morgan fingerprint density at radius 1 is 1.25 bits per heavy atom. The highest BCUT2D eigenvalue weighted by Crippen LogP contribution is 2.23. The highest BCUT2D eigenvalue weighted by molar-refractivity contribution is 9.10. The fourth-order valence-electron chi connectivity index (χ4n) is 2.93. The predicted molar refractivity (Wildman–Crippen MR) is 101 cm³/mol. The van der Waals surface area contributed by atoms with Gasteiger partial charge in [0, 0.05) is 16.4 Å². The Labute approximate surface area is 150 Å². The molecule has 3 rings (SSSR count). The molecule has 5 heteroatoms. The molecule has 0 radical (unpaired) electrons. The van der Waals surface area contributed by atoms with Gasteiger partial charge in [0.05, 0.1) is 5.69 Å². The lowest BCUT2D eigenvalue weighted by atomic mass is 10.1. The second-order valence-electron chi connectivity index (χ2n) is 5.76. The summed E-state index contributed by atoms with van der Waals surface area (Å²) in [6.45, 7) is 6.10. The number of imidazole rings is 1. The highest BCUT2D eigenvalue weighted by Gasteiger charge is 2.20. The zero-order valence-corrected chi connectivity index (χ0v) is 15.6. The number of rotatable bonds is 4. The van der Waals surface area contributed by atoms with Crippen LogP contribution in [0, 0.1) is 6.92 Å². The van der Waals surface area contributed by atoms with Crippen molar-refractivity contribution in [2.24, 2.45) is 0 Å². The van der Waals surface area contributed by atoms with E-state index in [2.05, 4.69) is 33.2 Å². The van der Waals surface area contributed by atoms with Crippen molar-refractivity contribution in [2.75, 3.05) is 5.32 Å². The average Bonchev–Trinajstić information content (AvgIpc) is 2.94. The first-order valence-electron chi connectivity index (χ1n) is 8.11. The first-order valence-corrected chi connectivity index (χ1v) is 8.90. The maximum absolute atomic E-state index is 13.0. The number of pyridine rings is 1. The molecule has 0 aliphatic heterocycles. The second kappa shape index (κ2) is 6.77. The Morgan fingerprint density at radius 3 is 2.71 bits per heavy atom. The smallest absolute Gasteiger partial charge is 0.274 e. The molecule has 0 unspecified atom stereocenters. The molecule has 0 saturated heterocycles. The van der Waals surface area contributed by atoms with Crippen LogP contribution in [0.2, 0.25) is 0 Å². The van der Waals surface area contributed by atoms with E-state index < -0.39 is 0 Å². The van der Waals surface area contributed by atoms with E-state index in [1.54, 1.807) is 0 Å². The number of para-hydroxylation sites is 1. The molecule has 0 spiro atoms. The minimum atomic E-state index is -0.127. The Hall–Kier alpha value is -2.14. The molecule has 3 aromatic rings. The summed E-state index contributed by atoms with van der Waals surface area (Å²) in [5, 5.41) is 3.05. The number of aryl methyl sites for hydroxylation is 3. The third-order valence-electron chi connectivity index (χ3n) is 4.14. The lowest BCUT2D eigenvalue weighted by Gasteiger charge is -2.10. The van der Waals surface area contributed by atoms with Crippen LogP contribution in [0.25, 0.3) is 5.65 Å². The van der Waals surface area contributed by atoms with E-state index >= 15 is 0 Å². The zero-order chi connectivity index (χ0) is 17.3. The van der Waals surface area contributed by atoms with Crippen LogP contribution < -0.4 is 5.32 Å². The number of hydrogen-bond donors (Lipinski definition) is 1. The summed E-state index contributed by atoms with van der Waals surface area (Å²) < 4.78 is 2.80. The normalized spacial score (nSPS) is 11.0. The molecule has 24 heavy (non-hydrogen) atoms. The largest absolute Gasteiger partial charge is 0.320 e. The maximum Gasteiger partial charge on any atom is 0.274 e. The summed E-state index contributed by atoms with van der Waals surface area (Å²) >= 11 is 3.51. The van der Waals surface area contributed by atoms with Gasteiger partial charge in [-0.1, -0.05) is 32.0 Å². The van der Waals surface area contributed by atoms with Crippen LogP contribution >= 0.6 is 15.9 Å². The van der Waals surface area contributed by atoms with Gasteiger partial charge in [0.15, 0.2) is 0 Å². The predicted octanol–water partition coefficient (Wildman–Crippen LogP) is 4.78. The van der Waals surface area contributed by atoms with Crippen LogP contribution in [-0.2, 0) is 12.8 Å². The van der Waals surface area contributed by atoms with Gasteiger partial charge >= 0.3 is 0 Å². The molecule has 0 atom stereocenters. The van der Waals surface area contributed by atoms with Gasteiger partial charge in [-0.05, 0) is 59.0 Å². The van der Waals surface area contributed by atoms with Crippen molar-refractivity contribution in [3.8, 4) is 0 Å². The summed E-state index contributed by atoms with van der Waals surface area (Å²) in [6.07, 6.45) is 3.47. The van der Waals surface area contributed by atoms with Crippen LogP contribution in [0.1, 0.15) is 41.2 Å². The third-order valence-corrected chi connectivity index (χ3v) is 4.57. The number of fused-ring (bicyclic) bond motifs is 1. The van der Waals surface area contributed by atoms with Gasteiger partial charge in [-0.25, -0.2) is 4.98 Å². The number of carbonyl (C=O) groups is 1. The number of halogens is 1. The molecule has 1 N–H and O–H groups in total. The number of anilines is 1. The number of hydrogen-bond acceptors (Lipinski definition) is 2. The minimum absolute atomic E-state index is 0.127. The van der Waals surface area contributed by atoms with Crippen LogP contribution in [0.5, 0.6) is 0 Å². The van der Waals surface area contributed by atoms with Crippen molar-refractivity contribution in [3.05, 3.63) is 63.5 Å².